The Bertz CT molecular complexity index is 435. The molecule has 20 heavy (non-hydrogen) atoms. The number of carbonyl (C=O) groups is 1. The summed E-state index contributed by atoms with van der Waals surface area (Å²) in [5.41, 5.74) is 0. The smallest absolute Gasteiger partial charge is 0.237 e. The quantitative estimate of drug-likeness (QED) is 0.874. The minimum absolute atomic E-state index is 0.146. The van der Waals surface area contributed by atoms with Gasteiger partial charge in [0.15, 0.2) is 0 Å². The molecule has 1 saturated heterocycles. The van der Waals surface area contributed by atoms with Gasteiger partial charge in [-0.15, -0.1) is 11.3 Å². The number of hydrogen-bond acceptors (Lipinski definition) is 3. The molecule has 1 N–H and O–H groups in total. The molecule has 0 bridgehead atoms. The Labute approximate surface area is 125 Å². The summed E-state index contributed by atoms with van der Waals surface area (Å²) < 4.78 is 0. The van der Waals surface area contributed by atoms with E-state index in [1.165, 1.54) is 30.6 Å². The van der Waals surface area contributed by atoms with E-state index in [0.29, 0.717) is 11.8 Å². The summed E-state index contributed by atoms with van der Waals surface area (Å²) in [6.07, 6.45) is 4.97. The number of nitrogens with one attached hydrogen (secondary N) is 1. The highest BCUT2D eigenvalue weighted by molar-refractivity contribution is 7.10. The predicted octanol–water partition coefficient (Wildman–Crippen LogP) is 2.84. The number of thiophene rings is 1. The monoisotopic (exact) mass is 292 g/mol. The molecule has 110 valence electrons. The van der Waals surface area contributed by atoms with E-state index in [1.807, 2.05) is 0 Å². The fourth-order valence-electron chi connectivity index (χ4n) is 3.14. The zero-order valence-electron chi connectivity index (χ0n) is 12.2. The fourth-order valence-corrected chi connectivity index (χ4v) is 3.93. The van der Waals surface area contributed by atoms with E-state index in [1.54, 1.807) is 11.3 Å². The van der Waals surface area contributed by atoms with Gasteiger partial charge in [-0.1, -0.05) is 13.0 Å². The number of hydrogen-bond donors (Lipinski definition) is 1. The molecule has 2 atom stereocenters. The van der Waals surface area contributed by atoms with Crippen molar-refractivity contribution in [1.82, 2.24) is 10.2 Å². The van der Waals surface area contributed by atoms with Crippen molar-refractivity contribution >= 4 is 17.2 Å². The molecule has 3 nitrogen and oxygen atoms in total. The van der Waals surface area contributed by atoms with Crippen LogP contribution in [0.15, 0.2) is 17.5 Å². The van der Waals surface area contributed by atoms with Crippen molar-refractivity contribution in [1.29, 1.82) is 0 Å². The average molecular weight is 292 g/mol. The Morgan fingerprint density at radius 1 is 1.45 bits per heavy atom. The van der Waals surface area contributed by atoms with Crippen LogP contribution in [-0.2, 0) is 4.79 Å². The number of likely N-dealkylation sites (tertiary alicyclic amines) is 1. The highest BCUT2D eigenvalue weighted by Crippen LogP contribution is 2.36. The lowest BCUT2D eigenvalue weighted by Gasteiger charge is -2.27. The van der Waals surface area contributed by atoms with Crippen LogP contribution in [0.2, 0.25) is 0 Å². The van der Waals surface area contributed by atoms with Gasteiger partial charge in [-0.25, -0.2) is 0 Å². The second-order valence-electron chi connectivity index (χ2n) is 6.19. The van der Waals surface area contributed by atoms with Crippen LogP contribution in [-0.4, -0.2) is 36.5 Å². The molecule has 1 aliphatic heterocycles. The first-order chi connectivity index (χ1) is 9.75. The molecule has 1 aromatic rings. The Morgan fingerprint density at radius 3 is 2.80 bits per heavy atom. The molecule has 1 saturated carbocycles. The van der Waals surface area contributed by atoms with Crippen LogP contribution in [0.5, 0.6) is 0 Å². The molecule has 0 spiro atoms. The van der Waals surface area contributed by atoms with Crippen LogP contribution in [0.25, 0.3) is 0 Å². The standard InChI is InChI=1S/C16H24N2OS/c1-12(14-5-4-10-20-14)11-17-16(19)15(13-6-7-13)18-8-2-3-9-18/h4-5,10,12-13,15H,2-3,6-9,11H2,1H3,(H,17,19)/t12-,15+/m1/s1. The van der Waals surface area contributed by atoms with Crippen molar-refractivity contribution in [2.75, 3.05) is 19.6 Å². The molecule has 2 fully saturated rings. The van der Waals surface area contributed by atoms with Gasteiger partial charge < -0.3 is 5.32 Å². The second kappa shape index (κ2) is 6.27. The summed E-state index contributed by atoms with van der Waals surface area (Å²) >= 11 is 1.77. The van der Waals surface area contributed by atoms with E-state index in [4.69, 9.17) is 0 Å². The molecular weight excluding hydrogens is 268 g/mol. The maximum atomic E-state index is 12.5. The van der Waals surface area contributed by atoms with Gasteiger partial charge in [-0.2, -0.15) is 0 Å². The Kier molecular flexibility index (Phi) is 4.41. The number of rotatable bonds is 6. The lowest BCUT2D eigenvalue weighted by atomic mass is 10.1. The molecule has 4 heteroatoms. The normalized spacial score (nSPS) is 22.6. The minimum Gasteiger partial charge on any atom is -0.354 e. The van der Waals surface area contributed by atoms with Gasteiger partial charge in [-0.05, 0) is 56.1 Å². The molecule has 1 aromatic heterocycles. The summed E-state index contributed by atoms with van der Waals surface area (Å²) in [4.78, 5) is 16.3. The molecule has 2 aliphatic rings. The maximum absolute atomic E-state index is 12.5. The average Bonchev–Trinajstić information content (AvgIpc) is 2.96. The topological polar surface area (TPSA) is 32.3 Å². The van der Waals surface area contributed by atoms with E-state index in [9.17, 15) is 4.79 Å². The van der Waals surface area contributed by atoms with E-state index in [-0.39, 0.29) is 11.9 Å². The molecule has 3 rings (SSSR count). The SMILES string of the molecule is C[C@H](CNC(=O)[C@H](C1CC1)N1CCCC1)c1cccs1. The number of nitrogens with zero attached hydrogens (tertiary/aromatic N) is 1. The van der Waals surface area contributed by atoms with E-state index < -0.39 is 0 Å². The van der Waals surface area contributed by atoms with Crippen LogP contribution in [0, 0.1) is 5.92 Å². The first-order valence-electron chi connectivity index (χ1n) is 7.81. The van der Waals surface area contributed by atoms with Gasteiger partial charge >= 0.3 is 0 Å². The van der Waals surface area contributed by atoms with E-state index in [2.05, 4.69) is 34.7 Å². The second-order valence-corrected chi connectivity index (χ2v) is 7.17. The van der Waals surface area contributed by atoms with Crippen molar-refractivity contribution < 1.29 is 4.79 Å². The third-order valence-corrected chi connectivity index (χ3v) is 5.59. The summed E-state index contributed by atoms with van der Waals surface area (Å²) in [5.74, 6) is 1.29. The van der Waals surface area contributed by atoms with Gasteiger partial charge in [0.1, 0.15) is 0 Å². The van der Waals surface area contributed by atoms with E-state index in [0.717, 1.165) is 19.6 Å². The molecule has 1 aliphatic carbocycles. The highest BCUT2D eigenvalue weighted by Gasteiger charge is 2.40. The summed E-state index contributed by atoms with van der Waals surface area (Å²) in [6, 6.07) is 4.38. The molecule has 0 unspecified atom stereocenters. The first kappa shape index (κ1) is 14.1. The van der Waals surface area contributed by atoms with Gasteiger partial charge in [0.2, 0.25) is 5.91 Å². The summed E-state index contributed by atoms with van der Waals surface area (Å²) in [7, 11) is 0. The van der Waals surface area contributed by atoms with Crippen molar-refractivity contribution in [2.45, 2.75) is 44.6 Å². The Hall–Kier alpha value is -0.870. The lowest BCUT2D eigenvalue weighted by molar-refractivity contribution is -0.126. The fraction of sp³-hybridized carbons (Fsp3) is 0.688. The summed E-state index contributed by atoms with van der Waals surface area (Å²) in [6.45, 7) is 5.16. The predicted molar refractivity (Wildman–Crippen MR) is 83.1 cm³/mol. The third kappa shape index (κ3) is 3.23. The van der Waals surface area contributed by atoms with Crippen molar-refractivity contribution in [2.24, 2.45) is 5.92 Å². The van der Waals surface area contributed by atoms with Crippen LogP contribution >= 0.6 is 11.3 Å². The zero-order valence-corrected chi connectivity index (χ0v) is 13.0. The molecule has 1 amide bonds. The maximum Gasteiger partial charge on any atom is 0.237 e. The van der Waals surface area contributed by atoms with Gasteiger partial charge in [0.05, 0.1) is 6.04 Å². The van der Waals surface area contributed by atoms with Crippen molar-refractivity contribution in [3.05, 3.63) is 22.4 Å². The van der Waals surface area contributed by atoms with Crippen LogP contribution < -0.4 is 5.32 Å². The van der Waals surface area contributed by atoms with Crippen molar-refractivity contribution in [3.8, 4) is 0 Å². The number of amides is 1. The molecule has 0 radical (unpaired) electrons. The third-order valence-electron chi connectivity index (χ3n) is 4.48. The minimum atomic E-state index is 0.146. The summed E-state index contributed by atoms with van der Waals surface area (Å²) in [5, 5.41) is 5.30. The highest BCUT2D eigenvalue weighted by atomic mass is 32.1. The number of carbonyl (C=O) groups excluding carboxylic acids is 1. The van der Waals surface area contributed by atoms with Crippen LogP contribution in [0.4, 0.5) is 0 Å². The van der Waals surface area contributed by atoms with Gasteiger partial charge in [0, 0.05) is 17.3 Å². The van der Waals surface area contributed by atoms with Crippen LogP contribution in [0.1, 0.15) is 43.4 Å². The van der Waals surface area contributed by atoms with Gasteiger partial charge in [-0.3, -0.25) is 9.69 Å². The Balaban J connectivity index is 1.54. The zero-order chi connectivity index (χ0) is 13.9. The first-order valence-corrected chi connectivity index (χ1v) is 8.69. The largest absolute Gasteiger partial charge is 0.354 e. The van der Waals surface area contributed by atoms with Crippen molar-refractivity contribution in [3.63, 3.8) is 0 Å². The molecule has 2 heterocycles. The van der Waals surface area contributed by atoms with E-state index >= 15 is 0 Å². The molecule has 0 aromatic carbocycles. The Morgan fingerprint density at radius 2 is 2.20 bits per heavy atom. The van der Waals surface area contributed by atoms with Gasteiger partial charge in [0.25, 0.3) is 0 Å². The molecular formula is C16H24N2OS. The lowest BCUT2D eigenvalue weighted by Crippen LogP contribution is -2.47. The van der Waals surface area contributed by atoms with Crippen LogP contribution in [0.3, 0.4) is 0 Å².